The van der Waals surface area contributed by atoms with Gasteiger partial charge in [0.1, 0.15) is 5.75 Å². The molecule has 0 amide bonds. The number of hydrogen-bond donors (Lipinski definition) is 2. The van der Waals surface area contributed by atoms with E-state index in [9.17, 15) is 9.59 Å². The smallest absolute Gasteiger partial charge is 0.328 e. The molecule has 0 aliphatic carbocycles. The van der Waals surface area contributed by atoms with E-state index in [0.717, 1.165) is 5.56 Å². The SMILES string of the molecule is COc1ccc(Cn2ccc(=O)[nH]c2=O)cc1N. The van der Waals surface area contributed by atoms with E-state index in [-0.39, 0.29) is 0 Å². The van der Waals surface area contributed by atoms with E-state index in [1.807, 2.05) is 6.07 Å². The molecule has 0 unspecified atom stereocenters. The normalized spacial score (nSPS) is 10.3. The summed E-state index contributed by atoms with van der Waals surface area (Å²) < 4.78 is 6.44. The first-order chi connectivity index (χ1) is 8.60. The van der Waals surface area contributed by atoms with Gasteiger partial charge in [-0.25, -0.2) is 4.79 Å². The molecule has 0 saturated carbocycles. The molecule has 1 heterocycles. The average molecular weight is 247 g/mol. The molecule has 0 atom stereocenters. The molecule has 3 N–H and O–H groups in total. The van der Waals surface area contributed by atoms with E-state index in [1.54, 1.807) is 12.1 Å². The van der Waals surface area contributed by atoms with Crippen molar-refractivity contribution in [3.05, 3.63) is 56.9 Å². The minimum absolute atomic E-state index is 0.337. The lowest BCUT2D eigenvalue weighted by atomic mass is 10.2. The van der Waals surface area contributed by atoms with Gasteiger partial charge in [0.25, 0.3) is 5.56 Å². The van der Waals surface area contributed by atoms with Crippen LogP contribution >= 0.6 is 0 Å². The quantitative estimate of drug-likeness (QED) is 0.757. The summed E-state index contributed by atoms with van der Waals surface area (Å²) >= 11 is 0. The maximum absolute atomic E-state index is 11.5. The fourth-order valence-corrected chi connectivity index (χ4v) is 1.65. The van der Waals surface area contributed by atoms with Crippen LogP contribution in [0.1, 0.15) is 5.56 Å². The summed E-state index contributed by atoms with van der Waals surface area (Å²) in [6.07, 6.45) is 1.45. The van der Waals surface area contributed by atoms with Gasteiger partial charge in [-0.2, -0.15) is 0 Å². The first-order valence-corrected chi connectivity index (χ1v) is 5.32. The van der Waals surface area contributed by atoms with Crippen molar-refractivity contribution < 1.29 is 4.74 Å². The molecule has 18 heavy (non-hydrogen) atoms. The van der Waals surface area contributed by atoms with Gasteiger partial charge < -0.3 is 10.5 Å². The number of hydrogen-bond acceptors (Lipinski definition) is 4. The molecular weight excluding hydrogens is 234 g/mol. The Kier molecular flexibility index (Phi) is 3.18. The van der Waals surface area contributed by atoms with Crippen molar-refractivity contribution in [1.82, 2.24) is 9.55 Å². The second-order valence-electron chi connectivity index (χ2n) is 3.81. The van der Waals surface area contributed by atoms with Crippen LogP contribution in [0, 0.1) is 0 Å². The standard InChI is InChI=1S/C12H13N3O3/c1-18-10-3-2-8(6-9(10)13)7-15-5-4-11(16)14-12(15)17/h2-6H,7,13H2,1H3,(H,14,16,17). The summed E-state index contributed by atoms with van der Waals surface area (Å²) in [6.45, 7) is 0.337. The highest BCUT2D eigenvalue weighted by Crippen LogP contribution is 2.21. The second-order valence-corrected chi connectivity index (χ2v) is 3.81. The molecule has 0 aliphatic heterocycles. The number of ether oxygens (including phenoxy) is 1. The van der Waals surface area contributed by atoms with Gasteiger partial charge in [0.15, 0.2) is 0 Å². The molecule has 6 heteroatoms. The van der Waals surface area contributed by atoms with E-state index >= 15 is 0 Å². The fourth-order valence-electron chi connectivity index (χ4n) is 1.65. The molecule has 2 rings (SSSR count). The Morgan fingerprint density at radius 2 is 2.11 bits per heavy atom. The van der Waals surface area contributed by atoms with Crippen LogP contribution < -0.4 is 21.7 Å². The maximum atomic E-state index is 11.5. The Hall–Kier alpha value is -2.50. The zero-order valence-corrected chi connectivity index (χ0v) is 9.84. The van der Waals surface area contributed by atoms with Crippen molar-refractivity contribution in [2.45, 2.75) is 6.54 Å². The first-order valence-electron chi connectivity index (χ1n) is 5.32. The zero-order valence-electron chi connectivity index (χ0n) is 9.84. The van der Waals surface area contributed by atoms with Crippen LogP contribution in [0.25, 0.3) is 0 Å². The van der Waals surface area contributed by atoms with Crippen LogP contribution in [0.4, 0.5) is 5.69 Å². The minimum Gasteiger partial charge on any atom is -0.495 e. The third kappa shape index (κ3) is 2.42. The number of aromatic nitrogens is 2. The van der Waals surface area contributed by atoms with Crippen LogP contribution in [0.3, 0.4) is 0 Å². The Balaban J connectivity index is 2.31. The molecule has 0 bridgehead atoms. The summed E-state index contributed by atoms with van der Waals surface area (Å²) in [7, 11) is 1.54. The monoisotopic (exact) mass is 247 g/mol. The first kappa shape index (κ1) is 12.0. The van der Waals surface area contributed by atoms with E-state index < -0.39 is 11.2 Å². The van der Waals surface area contributed by atoms with Crippen molar-refractivity contribution in [2.24, 2.45) is 0 Å². The summed E-state index contributed by atoms with van der Waals surface area (Å²) in [4.78, 5) is 24.6. The average Bonchev–Trinajstić information content (AvgIpc) is 2.33. The zero-order chi connectivity index (χ0) is 13.1. The summed E-state index contributed by atoms with van der Waals surface area (Å²) in [6, 6.07) is 6.58. The molecule has 0 spiro atoms. The topological polar surface area (TPSA) is 90.1 Å². The largest absolute Gasteiger partial charge is 0.495 e. The number of nitrogens with zero attached hydrogens (tertiary/aromatic N) is 1. The summed E-state index contributed by atoms with van der Waals surface area (Å²) in [5.41, 5.74) is 6.28. The van der Waals surface area contributed by atoms with Crippen molar-refractivity contribution in [3.63, 3.8) is 0 Å². The van der Waals surface area contributed by atoms with Crippen molar-refractivity contribution in [3.8, 4) is 5.75 Å². The van der Waals surface area contributed by atoms with Gasteiger partial charge in [-0.15, -0.1) is 0 Å². The van der Waals surface area contributed by atoms with E-state index in [1.165, 1.54) is 23.9 Å². The van der Waals surface area contributed by atoms with E-state index in [2.05, 4.69) is 4.98 Å². The third-order valence-corrected chi connectivity index (χ3v) is 2.54. The number of benzene rings is 1. The van der Waals surface area contributed by atoms with Gasteiger partial charge in [0.05, 0.1) is 19.3 Å². The molecule has 0 saturated heterocycles. The number of nitrogens with one attached hydrogen (secondary N) is 1. The summed E-state index contributed by atoms with van der Waals surface area (Å²) in [5.74, 6) is 0.590. The lowest BCUT2D eigenvalue weighted by Gasteiger charge is -2.08. The molecular formula is C12H13N3O3. The number of methoxy groups -OCH3 is 1. The highest BCUT2D eigenvalue weighted by atomic mass is 16.5. The van der Waals surface area contributed by atoms with Crippen LogP contribution in [0.2, 0.25) is 0 Å². The van der Waals surface area contributed by atoms with Crippen LogP contribution in [-0.2, 0) is 6.54 Å². The number of anilines is 1. The van der Waals surface area contributed by atoms with E-state index in [4.69, 9.17) is 10.5 Å². The second kappa shape index (κ2) is 4.79. The number of H-pyrrole nitrogens is 1. The Morgan fingerprint density at radius 1 is 1.33 bits per heavy atom. The molecule has 0 radical (unpaired) electrons. The maximum Gasteiger partial charge on any atom is 0.328 e. The molecule has 1 aromatic carbocycles. The Morgan fingerprint density at radius 3 is 2.72 bits per heavy atom. The highest BCUT2D eigenvalue weighted by Gasteiger charge is 2.02. The van der Waals surface area contributed by atoms with Crippen LogP contribution in [0.5, 0.6) is 5.75 Å². The number of rotatable bonds is 3. The molecule has 6 nitrogen and oxygen atoms in total. The Bertz CT molecular complexity index is 673. The van der Waals surface area contributed by atoms with Gasteiger partial charge >= 0.3 is 5.69 Å². The molecule has 94 valence electrons. The molecule has 2 aromatic rings. The minimum atomic E-state index is -0.447. The van der Waals surface area contributed by atoms with Crippen molar-refractivity contribution >= 4 is 5.69 Å². The highest BCUT2D eigenvalue weighted by molar-refractivity contribution is 5.54. The van der Waals surface area contributed by atoms with Gasteiger partial charge in [-0.05, 0) is 17.7 Å². The molecule has 0 aliphatic rings. The third-order valence-electron chi connectivity index (χ3n) is 2.54. The molecule has 1 aromatic heterocycles. The predicted molar refractivity (Wildman–Crippen MR) is 67.8 cm³/mol. The fraction of sp³-hybridized carbons (Fsp3) is 0.167. The summed E-state index contributed by atoms with van der Waals surface area (Å²) in [5, 5.41) is 0. The van der Waals surface area contributed by atoms with Crippen molar-refractivity contribution in [1.29, 1.82) is 0 Å². The lowest BCUT2D eigenvalue weighted by Crippen LogP contribution is -2.28. The van der Waals surface area contributed by atoms with Crippen molar-refractivity contribution in [2.75, 3.05) is 12.8 Å². The van der Waals surface area contributed by atoms with Gasteiger partial charge in [-0.3, -0.25) is 14.3 Å². The number of aromatic amines is 1. The Labute approximate surface area is 103 Å². The predicted octanol–water partition coefficient (Wildman–Crippen LogP) is 0.176. The molecule has 0 fully saturated rings. The number of nitrogens with two attached hydrogens (primary N) is 1. The van der Waals surface area contributed by atoms with Gasteiger partial charge in [-0.1, -0.05) is 6.07 Å². The van der Waals surface area contributed by atoms with Gasteiger partial charge in [0, 0.05) is 12.3 Å². The van der Waals surface area contributed by atoms with Crippen LogP contribution in [-0.4, -0.2) is 16.7 Å². The number of nitrogen functional groups attached to an aromatic ring is 1. The van der Waals surface area contributed by atoms with Gasteiger partial charge in [0.2, 0.25) is 0 Å². The lowest BCUT2D eigenvalue weighted by molar-refractivity contribution is 0.417. The van der Waals surface area contributed by atoms with E-state index in [0.29, 0.717) is 18.0 Å². The van der Waals surface area contributed by atoms with Crippen LogP contribution in [0.15, 0.2) is 40.1 Å².